The Kier molecular flexibility index (Phi) is 6.38. The fraction of sp³-hybridized carbons (Fsp3) is 0.545. The van der Waals surface area contributed by atoms with Gasteiger partial charge in [0.05, 0.1) is 17.1 Å². The Morgan fingerprint density at radius 2 is 2.06 bits per heavy atom. The molecule has 1 rings (SSSR count). The third kappa shape index (κ3) is 5.29. The average molecular weight is 274 g/mol. The van der Waals surface area contributed by atoms with Crippen LogP contribution in [-0.2, 0) is 0 Å². The van der Waals surface area contributed by atoms with E-state index in [1.54, 1.807) is 0 Å². The molecule has 100 valence electrons. The van der Waals surface area contributed by atoms with Gasteiger partial charge in [-0.2, -0.15) is 0 Å². The summed E-state index contributed by atoms with van der Waals surface area (Å²) in [5.74, 6) is 0.413. The first-order valence-corrected chi connectivity index (χ1v) is 6.18. The monoisotopic (exact) mass is 273 g/mol. The van der Waals surface area contributed by atoms with Crippen LogP contribution in [0.2, 0.25) is 5.15 Å². The highest BCUT2D eigenvalue weighted by Crippen LogP contribution is 2.20. The van der Waals surface area contributed by atoms with Crippen LogP contribution in [0.1, 0.15) is 25.7 Å². The summed E-state index contributed by atoms with van der Waals surface area (Å²) in [6, 6.07) is 2.58. The van der Waals surface area contributed by atoms with Crippen LogP contribution in [0.4, 0.5) is 11.5 Å². The summed E-state index contributed by atoms with van der Waals surface area (Å²) < 4.78 is 0. The Hall–Kier alpha value is -1.40. The van der Waals surface area contributed by atoms with Gasteiger partial charge in [-0.1, -0.05) is 24.4 Å². The largest absolute Gasteiger partial charge is 0.396 e. The van der Waals surface area contributed by atoms with Crippen LogP contribution in [0, 0.1) is 10.1 Å². The second-order valence-electron chi connectivity index (χ2n) is 3.86. The number of rotatable bonds is 8. The van der Waals surface area contributed by atoms with Gasteiger partial charge in [-0.25, -0.2) is 4.98 Å². The molecule has 0 amide bonds. The number of nitrogens with one attached hydrogen (secondary N) is 1. The highest BCUT2D eigenvalue weighted by Gasteiger charge is 2.09. The van der Waals surface area contributed by atoms with Gasteiger partial charge in [0.1, 0.15) is 11.0 Å². The second-order valence-corrected chi connectivity index (χ2v) is 4.24. The van der Waals surface area contributed by atoms with Gasteiger partial charge in [0, 0.05) is 13.2 Å². The molecule has 7 heteroatoms. The molecule has 6 nitrogen and oxygen atoms in total. The zero-order chi connectivity index (χ0) is 13.4. The van der Waals surface area contributed by atoms with Crippen molar-refractivity contribution < 1.29 is 10.0 Å². The van der Waals surface area contributed by atoms with Crippen molar-refractivity contribution in [2.24, 2.45) is 0 Å². The van der Waals surface area contributed by atoms with Crippen LogP contribution in [0.15, 0.2) is 12.1 Å². The maximum atomic E-state index is 10.6. The number of nitro groups is 1. The molecule has 1 aromatic rings. The molecule has 0 spiro atoms. The van der Waals surface area contributed by atoms with Crippen LogP contribution in [0.5, 0.6) is 0 Å². The van der Waals surface area contributed by atoms with Gasteiger partial charge < -0.3 is 10.4 Å². The maximum absolute atomic E-state index is 10.6. The van der Waals surface area contributed by atoms with E-state index in [1.807, 2.05) is 0 Å². The molecule has 0 aromatic carbocycles. The zero-order valence-corrected chi connectivity index (χ0v) is 10.7. The van der Waals surface area contributed by atoms with Gasteiger partial charge >= 0.3 is 0 Å². The van der Waals surface area contributed by atoms with Gasteiger partial charge in [-0.3, -0.25) is 10.1 Å². The topological polar surface area (TPSA) is 88.3 Å². The number of anilines is 1. The Bertz CT molecular complexity index is 401. The SMILES string of the molecule is O=[N+]([O-])c1cc(Cl)nc(NCCCCCCO)c1. The molecule has 0 saturated heterocycles. The highest BCUT2D eigenvalue weighted by molar-refractivity contribution is 6.29. The van der Waals surface area contributed by atoms with Crippen LogP contribution < -0.4 is 5.32 Å². The number of hydrogen-bond donors (Lipinski definition) is 2. The molecule has 1 heterocycles. The van der Waals surface area contributed by atoms with Crippen molar-refractivity contribution in [3.8, 4) is 0 Å². The number of halogens is 1. The normalized spacial score (nSPS) is 10.3. The molecular formula is C11H16ClN3O3. The maximum Gasteiger partial charge on any atom is 0.276 e. The third-order valence-corrected chi connectivity index (χ3v) is 2.57. The lowest BCUT2D eigenvalue weighted by Crippen LogP contribution is -2.04. The van der Waals surface area contributed by atoms with Gasteiger partial charge in [0.15, 0.2) is 0 Å². The average Bonchev–Trinajstić information content (AvgIpc) is 2.33. The van der Waals surface area contributed by atoms with Crippen molar-refractivity contribution in [2.45, 2.75) is 25.7 Å². The molecule has 0 aliphatic carbocycles. The number of pyridine rings is 1. The zero-order valence-electron chi connectivity index (χ0n) is 9.93. The lowest BCUT2D eigenvalue weighted by molar-refractivity contribution is -0.384. The molecule has 0 unspecified atom stereocenters. The summed E-state index contributed by atoms with van der Waals surface area (Å²) >= 11 is 5.69. The van der Waals surface area contributed by atoms with Crippen molar-refractivity contribution >= 4 is 23.1 Å². The van der Waals surface area contributed by atoms with Crippen molar-refractivity contribution in [1.82, 2.24) is 4.98 Å². The molecule has 2 N–H and O–H groups in total. The fourth-order valence-corrected chi connectivity index (χ4v) is 1.69. The number of nitrogens with zero attached hydrogens (tertiary/aromatic N) is 2. The molecule has 0 aliphatic rings. The quantitative estimate of drug-likeness (QED) is 0.329. The fourth-order valence-electron chi connectivity index (χ4n) is 1.49. The summed E-state index contributed by atoms with van der Waals surface area (Å²) in [6.45, 7) is 0.894. The number of unbranched alkanes of at least 4 members (excludes halogenated alkanes) is 3. The first kappa shape index (κ1) is 14.7. The van der Waals surface area contributed by atoms with E-state index >= 15 is 0 Å². The minimum Gasteiger partial charge on any atom is -0.396 e. The van der Waals surface area contributed by atoms with E-state index in [0.717, 1.165) is 25.7 Å². The number of aliphatic hydroxyl groups excluding tert-OH is 1. The number of aromatic nitrogens is 1. The number of aliphatic hydroxyl groups is 1. The van der Waals surface area contributed by atoms with Gasteiger partial charge in [-0.15, -0.1) is 0 Å². The summed E-state index contributed by atoms with van der Waals surface area (Å²) in [5, 5.41) is 22.3. The van der Waals surface area contributed by atoms with Gasteiger partial charge in [0.25, 0.3) is 5.69 Å². The lowest BCUT2D eigenvalue weighted by atomic mass is 10.2. The van der Waals surface area contributed by atoms with Crippen molar-refractivity contribution in [3.63, 3.8) is 0 Å². The Morgan fingerprint density at radius 1 is 1.33 bits per heavy atom. The summed E-state index contributed by atoms with van der Waals surface area (Å²) in [4.78, 5) is 14.1. The Balaban J connectivity index is 2.40. The number of hydrogen-bond acceptors (Lipinski definition) is 5. The summed E-state index contributed by atoms with van der Waals surface area (Å²) in [6.07, 6.45) is 3.69. The van der Waals surface area contributed by atoms with Crippen molar-refractivity contribution in [3.05, 3.63) is 27.4 Å². The third-order valence-electron chi connectivity index (χ3n) is 2.38. The predicted octanol–water partition coefficient (Wildman–Crippen LogP) is 2.61. The first-order chi connectivity index (χ1) is 8.63. The first-order valence-electron chi connectivity index (χ1n) is 5.80. The molecule has 0 radical (unpaired) electrons. The predicted molar refractivity (Wildman–Crippen MR) is 69.9 cm³/mol. The van der Waals surface area contributed by atoms with E-state index in [2.05, 4.69) is 10.3 Å². The molecule has 0 bridgehead atoms. The van der Waals surface area contributed by atoms with Crippen molar-refractivity contribution in [1.29, 1.82) is 0 Å². The van der Waals surface area contributed by atoms with Gasteiger partial charge in [-0.05, 0) is 12.8 Å². The molecule has 18 heavy (non-hydrogen) atoms. The van der Waals surface area contributed by atoms with E-state index in [1.165, 1.54) is 12.1 Å². The minimum absolute atomic E-state index is 0.0715. The van der Waals surface area contributed by atoms with Crippen LogP contribution in [-0.4, -0.2) is 28.2 Å². The standard InChI is InChI=1S/C11H16ClN3O3/c12-10-7-9(15(17)18)8-11(14-10)13-5-3-1-2-4-6-16/h7-8,16H,1-6H2,(H,13,14). The summed E-state index contributed by atoms with van der Waals surface area (Å²) in [7, 11) is 0. The van der Waals surface area contributed by atoms with E-state index in [0.29, 0.717) is 12.4 Å². The Morgan fingerprint density at radius 3 is 2.72 bits per heavy atom. The van der Waals surface area contributed by atoms with E-state index < -0.39 is 4.92 Å². The highest BCUT2D eigenvalue weighted by atomic mass is 35.5. The van der Waals surface area contributed by atoms with E-state index in [-0.39, 0.29) is 17.4 Å². The lowest BCUT2D eigenvalue weighted by Gasteiger charge is -2.05. The van der Waals surface area contributed by atoms with E-state index in [4.69, 9.17) is 16.7 Å². The van der Waals surface area contributed by atoms with Crippen LogP contribution in [0.3, 0.4) is 0 Å². The van der Waals surface area contributed by atoms with Crippen LogP contribution in [0.25, 0.3) is 0 Å². The Labute approximate surface area is 110 Å². The van der Waals surface area contributed by atoms with Crippen LogP contribution >= 0.6 is 11.6 Å². The van der Waals surface area contributed by atoms with E-state index in [9.17, 15) is 10.1 Å². The summed E-state index contributed by atoms with van der Waals surface area (Å²) in [5.41, 5.74) is -0.0715. The van der Waals surface area contributed by atoms with Gasteiger partial charge in [0.2, 0.25) is 0 Å². The molecule has 0 aliphatic heterocycles. The van der Waals surface area contributed by atoms with Crippen molar-refractivity contribution in [2.75, 3.05) is 18.5 Å². The molecule has 0 saturated carbocycles. The molecular weight excluding hydrogens is 258 g/mol. The minimum atomic E-state index is -0.500. The molecule has 1 aromatic heterocycles. The second kappa shape index (κ2) is 7.84. The smallest absolute Gasteiger partial charge is 0.276 e. The molecule has 0 fully saturated rings. The molecule has 0 atom stereocenters.